The Kier molecular flexibility index (Phi) is 10.1. The second-order valence-electron chi connectivity index (χ2n) is 7.56. The lowest BCUT2D eigenvalue weighted by Crippen LogP contribution is -2.15. The molecule has 4 unspecified atom stereocenters. The minimum atomic E-state index is 0.0521. The third-order valence-corrected chi connectivity index (χ3v) is 6.41. The van der Waals surface area contributed by atoms with Crippen LogP contribution in [0.3, 0.4) is 0 Å². The summed E-state index contributed by atoms with van der Waals surface area (Å²) in [5, 5.41) is 1.40. The molecule has 1 heterocycles. The molecule has 1 aliphatic heterocycles. The Balaban J connectivity index is 1.52. The molecule has 1 fully saturated rings. The predicted molar refractivity (Wildman–Crippen MR) is 118 cm³/mol. The minimum absolute atomic E-state index is 0.0521. The standard InChI is InChI=1S/C23H35NO2S/c1-4-20(25)16-21(26-3)14-12-10-8-6-5-7-9-11-13-19-17-27-23(24-19)22-15-18(22)2/h5-6,8,10-11,13,18-19,21-22H,4,7,9,12,14-17H2,1-3H3. The predicted octanol–water partition coefficient (Wildman–Crippen LogP) is 5.77. The molecule has 4 atom stereocenters. The second-order valence-corrected chi connectivity index (χ2v) is 8.60. The summed E-state index contributed by atoms with van der Waals surface area (Å²) in [5.74, 6) is 3.03. The van der Waals surface area contributed by atoms with Crippen LogP contribution >= 0.6 is 11.8 Å². The third kappa shape index (κ3) is 8.61. The first-order chi connectivity index (χ1) is 13.1. The van der Waals surface area contributed by atoms with E-state index in [-0.39, 0.29) is 11.9 Å². The summed E-state index contributed by atoms with van der Waals surface area (Å²) in [4.78, 5) is 16.3. The zero-order valence-electron chi connectivity index (χ0n) is 17.1. The molecule has 0 bridgehead atoms. The highest BCUT2D eigenvalue weighted by atomic mass is 32.2. The fraction of sp³-hybridized carbons (Fsp3) is 0.652. The van der Waals surface area contributed by atoms with E-state index in [0.29, 0.717) is 18.9 Å². The Morgan fingerprint density at radius 1 is 1.26 bits per heavy atom. The first-order valence-corrected chi connectivity index (χ1v) is 11.4. The van der Waals surface area contributed by atoms with Crippen molar-refractivity contribution in [1.82, 2.24) is 0 Å². The topological polar surface area (TPSA) is 38.7 Å². The van der Waals surface area contributed by atoms with Crippen LogP contribution < -0.4 is 0 Å². The lowest BCUT2D eigenvalue weighted by molar-refractivity contribution is -0.121. The van der Waals surface area contributed by atoms with Crippen molar-refractivity contribution in [2.24, 2.45) is 16.8 Å². The van der Waals surface area contributed by atoms with Crippen molar-refractivity contribution in [3.8, 4) is 0 Å². The average Bonchev–Trinajstić information content (AvgIpc) is 3.22. The minimum Gasteiger partial charge on any atom is -0.381 e. The number of Topliss-reactive ketones (excluding diaryl/α,β-unsaturated/α-hetero) is 1. The molecule has 0 spiro atoms. The van der Waals surface area contributed by atoms with Crippen LogP contribution in [0.1, 0.15) is 58.8 Å². The number of allylic oxidation sites excluding steroid dienone is 5. The number of nitrogens with zero attached hydrogens (tertiary/aromatic N) is 1. The van der Waals surface area contributed by atoms with Crippen LogP contribution in [0, 0.1) is 11.8 Å². The summed E-state index contributed by atoms with van der Waals surface area (Å²) in [6, 6.07) is 0.398. The number of methoxy groups -OCH3 is 1. The second kappa shape index (κ2) is 12.4. The number of hydrogen-bond donors (Lipinski definition) is 0. The molecule has 2 rings (SSSR count). The largest absolute Gasteiger partial charge is 0.381 e. The van der Waals surface area contributed by atoms with E-state index in [1.165, 1.54) is 11.5 Å². The van der Waals surface area contributed by atoms with Gasteiger partial charge in [-0.3, -0.25) is 9.79 Å². The summed E-state index contributed by atoms with van der Waals surface area (Å²) < 4.78 is 5.37. The molecular weight excluding hydrogens is 354 g/mol. The summed E-state index contributed by atoms with van der Waals surface area (Å²) in [7, 11) is 1.69. The maximum atomic E-state index is 11.5. The number of ether oxygens (including phenoxy) is 1. The lowest BCUT2D eigenvalue weighted by atomic mass is 10.1. The van der Waals surface area contributed by atoms with Gasteiger partial charge in [0.2, 0.25) is 0 Å². The molecule has 0 amide bonds. The zero-order chi connectivity index (χ0) is 19.5. The van der Waals surface area contributed by atoms with Gasteiger partial charge in [-0.15, -0.1) is 11.8 Å². The van der Waals surface area contributed by atoms with Crippen molar-refractivity contribution < 1.29 is 9.53 Å². The highest BCUT2D eigenvalue weighted by Gasteiger charge is 2.39. The Morgan fingerprint density at radius 3 is 2.63 bits per heavy atom. The smallest absolute Gasteiger partial charge is 0.135 e. The Morgan fingerprint density at radius 2 is 1.96 bits per heavy atom. The molecule has 3 nitrogen and oxygen atoms in total. The maximum absolute atomic E-state index is 11.5. The number of rotatable bonds is 13. The molecule has 0 saturated heterocycles. The van der Waals surface area contributed by atoms with Gasteiger partial charge in [-0.1, -0.05) is 50.3 Å². The molecule has 1 aliphatic carbocycles. The molecule has 0 aromatic heterocycles. The maximum Gasteiger partial charge on any atom is 0.135 e. The number of thioether (sulfide) groups is 1. The van der Waals surface area contributed by atoms with E-state index >= 15 is 0 Å². The first-order valence-electron chi connectivity index (χ1n) is 10.4. The molecule has 1 saturated carbocycles. The first kappa shape index (κ1) is 22.2. The van der Waals surface area contributed by atoms with E-state index in [9.17, 15) is 4.79 Å². The quantitative estimate of drug-likeness (QED) is 0.228. The van der Waals surface area contributed by atoms with Crippen molar-refractivity contribution in [3.63, 3.8) is 0 Å². The molecule has 0 radical (unpaired) electrons. The summed E-state index contributed by atoms with van der Waals surface area (Å²) in [6.07, 6.45) is 19.6. The van der Waals surface area contributed by atoms with Gasteiger partial charge in [0.25, 0.3) is 0 Å². The van der Waals surface area contributed by atoms with Crippen LogP contribution in [-0.2, 0) is 9.53 Å². The third-order valence-electron chi connectivity index (χ3n) is 5.20. The van der Waals surface area contributed by atoms with Gasteiger partial charge in [0, 0.05) is 31.6 Å². The molecule has 27 heavy (non-hydrogen) atoms. The fourth-order valence-corrected chi connectivity index (χ4v) is 4.43. The Labute approximate surface area is 169 Å². The van der Waals surface area contributed by atoms with Crippen molar-refractivity contribution in [2.45, 2.75) is 70.9 Å². The molecule has 0 aromatic rings. The van der Waals surface area contributed by atoms with Crippen molar-refractivity contribution in [3.05, 3.63) is 36.5 Å². The average molecular weight is 390 g/mol. The van der Waals surface area contributed by atoms with E-state index in [1.807, 2.05) is 18.7 Å². The number of ketones is 1. The van der Waals surface area contributed by atoms with Crippen LogP contribution in [0.25, 0.3) is 0 Å². The summed E-state index contributed by atoms with van der Waals surface area (Å²) in [5.41, 5.74) is 0. The molecule has 0 N–H and O–H groups in total. The highest BCUT2D eigenvalue weighted by Crippen LogP contribution is 2.44. The van der Waals surface area contributed by atoms with E-state index in [4.69, 9.17) is 9.73 Å². The molecule has 2 aliphatic rings. The van der Waals surface area contributed by atoms with Crippen LogP contribution in [0.2, 0.25) is 0 Å². The number of unbranched alkanes of at least 4 members (excludes halogenated alkanes) is 1. The Bertz CT molecular complexity index is 579. The van der Waals surface area contributed by atoms with Gasteiger partial charge in [-0.25, -0.2) is 0 Å². The number of hydrogen-bond acceptors (Lipinski definition) is 4. The van der Waals surface area contributed by atoms with Crippen LogP contribution in [0.15, 0.2) is 41.4 Å². The number of carbonyl (C=O) groups excluding carboxylic acids is 1. The van der Waals surface area contributed by atoms with Gasteiger partial charge in [0.15, 0.2) is 0 Å². The van der Waals surface area contributed by atoms with E-state index in [0.717, 1.165) is 43.3 Å². The van der Waals surface area contributed by atoms with Crippen molar-refractivity contribution in [1.29, 1.82) is 0 Å². The summed E-state index contributed by atoms with van der Waals surface area (Å²) in [6.45, 7) is 4.22. The molecular formula is C23H35NO2S. The van der Waals surface area contributed by atoms with Crippen LogP contribution in [0.5, 0.6) is 0 Å². The number of carbonyl (C=O) groups is 1. The monoisotopic (exact) mass is 389 g/mol. The highest BCUT2D eigenvalue weighted by molar-refractivity contribution is 8.14. The van der Waals surface area contributed by atoms with E-state index < -0.39 is 0 Å². The zero-order valence-corrected chi connectivity index (χ0v) is 17.9. The molecule has 150 valence electrons. The van der Waals surface area contributed by atoms with E-state index in [2.05, 4.69) is 43.4 Å². The van der Waals surface area contributed by atoms with Crippen LogP contribution in [0.4, 0.5) is 0 Å². The lowest BCUT2D eigenvalue weighted by Gasteiger charge is -2.12. The Hall–Kier alpha value is -1.13. The van der Waals surface area contributed by atoms with Crippen molar-refractivity contribution in [2.75, 3.05) is 12.9 Å². The van der Waals surface area contributed by atoms with Gasteiger partial charge < -0.3 is 4.74 Å². The SMILES string of the molecule is CCC(=O)CC(CCC=CC=CCCC=CC1CSC(C2CC2C)=N1)OC. The fourth-order valence-electron chi connectivity index (χ4n) is 3.16. The van der Waals surface area contributed by atoms with Gasteiger partial charge in [-0.05, 0) is 38.0 Å². The number of aliphatic imine (C=N–C) groups is 1. The molecule has 0 aromatic carbocycles. The molecule has 4 heteroatoms. The van der Waals surface area contributed by atoms with Crippen molar-refractivity contribution >= 4 is 22.6 Å². The van der Waals surface area contributed by atoms with Gasteiger partial charge in [0.05, 0.1) is 17.2 Å². The van der Waals surface area contributed by atoms with Gasteiger partial charge in [0.1, 0.15) is 5.78 Å². The van der Waals surface area contributed by atoms with Gasteiger partial charge in [-0.2, -0.15) is 0 Å². The normalized spacial score (nSPS) is 26.3. The van der Waals surface area contributed by atoms with Gasteiger partial charge >= 0.3 is 0 Å². The van der Waals surface area contributed by atoms with Crippen LogP contribution in [-0.4, -0.2) is 35.8 Å². The summed E-state index contributed by atoms with van der Waals surface area (Å²) >= 11 is 1.96. The van der Waals surface area contributed by atoms with E-state index in [1.54, 1.807) is 7.11 Å².